The van der Waals surface area contributed by atoms with Gasteiger partial charge in [0.1, 0.15) is 11.5 Å². The van der Waals surface area contributed by atoms with E-state index in [-0.39, 0.29) is 11.6 Å². The summed E-state index contributed by atoms with van der Waals surface area (Å²) >= 11 is 0. The van der Waals surface area contributed by atoms with E-state index in [4.69, 9.17) is 14.2 Å². The van der Waals surface area contributed by atoms with Crippen LogP contribution in [0.1, 0.15) is 34.0 Å². The van der Waals surface area contributed by atoms with E-state index in [9.17, 15) is 9.59 Å². The van der Waals surface area contributed by atoms with Gasteiger partial charge in [0, 0.05) is 5.56 Å². The summed E-state index contributed by atoms with van der Waals surface area (Å²) in [6, 6.07) is 21.2. The van der Waals surface area contributed by atoms with Gasteiger partial charge in [-0.1, -0.05) is 30.3 Å². The first-order chi connectivity index (χ1) is 15.5. The highest BCUT2D eigenvalue weighted by Gasteiger charge is 2.24. The quantitative estimate of drug-likeness (QED) is 0.316. The maximum absolute atomic E-state index is 12.3. The Morgan fingerprint density at radius 3 is 2.34 bits per heavy atom. The Morgan fingerprint density at radius 1 is 0.969 bits per heavy atom. The molecule has 0 saturated carbocycles. The molecule has 0 bridgehead atoms. The first-order valence-corrected chi connectivity index (χ1v) is 10.2. The molecule has 0 unspecified atom stereocenters. The number of hydrogen-bond acceptors (Lipinski definition) is 6. The number of benzene rings is 3. The fourth-order valence-electron chi connectivity index (χ4n) is 3.15. The molecule has 1 aliphatic heterocycles. The summed E-state index contributed by atoms with van der Waals surface area (Å²) in [5, 5.41) is 0. The Kier molecular flexibility index (Phi) is 6.12. The van der Waals surface area contributed by atoms with Crippen LogP contribution in [0, 0.1) is 6.92 Å². The minimum Gasteiger partial charge on any atom is -0.494 e. The number of esters is 2. The number of carbonyl (C=O) groups excluding carboxylic acids is 2. The fraction of sp³-hybridized carbons (Fsp3) is 0.115. The van der Waals surface area contributed by atoms with Gasteiger partial charge in [0.25, 0.3) is 0 Å². The van der Waals surface area contributed by atoms with Gasteiger partial charge >= 0.3 is 11.9 Å². The lowest BCUT2D eigenvalue weighted by Gasteiger charge is -2.06. The summed E-state index contributed by atoms with van der Waals surface area (Å²) < 4.78 is 16.2. The van der Waals surface area contributed by atoms with Crippen LogP contribution in [0.25, 0.3) is 6.08 Å². The zero-order chi connectivity index (χ0) is 22.5. The molecule has 3 aromatic carbocycles. The van der Waals surface area contributed by atoms with E-state index in [2.05, 4.69) is 4.99 Å². The standard InChI is InChI=1S/C26H21NO5/c1-3-30-20-14-10-19(11-15-20)24-27-23(26(29)32-24)16-18-8-12-21(13-9-18)31-25(28)22-7-5-4-6-17(22)2/h4-16H,3H2,1-2H3/b23-16-. The molecule has 160 valence electrons. The topological polar surface area (TPSA) is 74.2 Å². The maximum atomic E-state index is 12.3. The molecular weight excluding hydrogens is 406 g/mol. The Labute approximate surface area is 185 Å². The van der Waals surface area contributed by atoms with Gasteiger partial charge in [0.15, 0.2) is 5.70 Å². The molecule has 0 radical (unpaired) electrons. The molecular formula is C26H21NO5. The summed E-state index contributed by atoms with van der Waals surface area (Å²) in [4.78, 5) is 28.9. The SMILES string of the molecule is CCOc1ccc(C2=N/C(=C\c3ccc(OC(=O)c4ccccc4C)cc3)C(=O)O2)cc1. The van der Waals surface area contributed by atoms with Gasteiger partial charge in [0.2, 0.25) is 5.90 Å². The summed E-state index contributed by atoms with van der Waals surface area (Å²) in [6.45, 7) is 4.34. The minimum atomic E-state index is -0.524. The van der Waals surface area contributed by atoms with Gasteiger partial charge in [-0.05, 0) is 73.5 Å². The van der Waals surface area contributed by atoms with E-state index < -0.39 is 11.9 Å². The second kappa shape index (κ2) is 9.31. The number of rotatable bonds is 6. The molecule has 0 fully saturated rings. The molecule has 0 aliphatic carbocycles. The highest BCUT2D eigenvalue weighted by Crippen LogP contribution is 2.22. The molecule has 32 heavy (non-hydrogen) atoms. The smallest absolute Gasteiger partial charge is 0.363 e. The number of carbonyl (C=O) groups is 2. The highest BCUT2D eigenvalue weighted by molar-refractivity contribution is 6.12. The zero-order valence-corrected chi connectivity index (χ0v) is 17.7. The molecule has 0 spiro atoms. The number of ether oxygens (including phenoxy) is 3. The minimum absolute atomic E-state index is 0.193. The molecule has 1 heterocycles. The predicted molar refractivity (Wildman–Crippen MR) is 121 cm³/mol. The van der Waals surface area contributed by atoms with Gasteiger partial charge in [-0.25, -0.2) is 14.6 Å². The highest BCUT2D eigenvalue weighted by atomic mass is 16.6. The van der Waals surface area contributed by atoms with Crippen LogP contribution in [0.2, 0.25) is 0 Å². The van der Waals surface area contributed by atoms with Crippen molar-refractivity contribution >= 4 is 23.9 Å². The van der Waals surface area contributed by atoms with Crippen molar-refractivity contribution in [1.29, 1.82) is 0 Å². The van der Waals surface area contributed by atoms with Crippen molar-refractivity contribution < 1.29 is 23.8 Å². The molecule has 4 rings (SSSR count). The molecule has 0 amide bonds. The second-order valence-corrected chi connectivity index (χ2v) is 7.07. The summed E-state index contributed by atoms with van der Waals surface area (Å²) in [6.07, 6.45) is 1.62. The van der Waals surface area contributed by atoms with Crippen molar-refractivity contribution in [3.05, 3.63) is 101 Å². The van der Waals surface area contributed by atoms with Crippen LogP contribution in [-0.2, 0) is 9.53 Å². The Balaban J connectivity index is 1.47. The molecule has 6 heteroatoms. The fourth-order valence-corrected chi connectivity index (χ4v) is 3.15. The summed E-state index contributed by atoms with van der Waals surface area (Å²) in [5.74, 6) is 0.448. The monoisotopic (exact) mass is 427 g/mol. The first-order valence-electron chi connectivity index (χ1n) is 10.2. The van der Waals surface area contributed by atoms with Crippen molar-refractivity contribution in [1.82, 2.24) is 0 Å². The average molecular weight is 427 g/mol. The molecule has 0 saturated heterocycles. The first kappa shape index (κ1) is 21.1. The largest absolute Gasteiger partial charge is 0.494 e. The lowest BCUT2D eigenvalue weighted by molar-refractivity contribution is -0.129. The predicted octanol–water partition coefficient (Wildman–Crippen LogP) is 4.96. The lowest BCUT2D eigenvalue weighted by atomic mass is 10.1. The van der Waals surface area contributed by atoms with Crippen LogP contribution in [0.5, 0.6) is 11.5 Å². The Hall–Kier alpha value is -4.19. The average Bonchev–Trinajstić information content (AvgIpc) is 3.16. The number of aliphatic imine (C=N–C) groups is 1. The van der Waals surface area contributed by atoms with E-state index in [0.29, 0.717) is 23.5 Å². The van der Waals surface area contributed by atoms with Crippen molar-refractivity contribution in [2.75, 3.05) is 6.61 Å². The van der Waals surface area contributed by atoms with Crippen molar-refractivity contribution in [2.45, 2.75) is 13.8 Å². The normalized spacial score (nSPS) is 14.1. The van der Waals surface area contributed by atoms with E-state index in [1.165, 1.54) is 0 Å². The number of cyclic esters (lactones) is 1. The molecule has 0 N–H and O–H groups in total. The van der Waals surface area contributed by atoms with Gasteiger partial charge in [-0.15, -0.1) is 0 Å². The Morgan fingerprint density at radius 2 is 1.66 bits per heavy atom. The molecule has 1 aliphatic rings. The van der Waals surface area contributed by atoms with Crippen LogP contribution < -0.4 is 9.47 Å². The third-order valence-corrected chi connectivity index (χ3v) is 4.79. The Bertz CT molecular complexity index is 1210. The molecule has 3 aromatic rings. The zero-order valence-electron chi connectivity index (χ0n) is 17.7. The summed E-state index contributed by atoms with van der Waals surface area (Å²) in [7, 11) is 0. The van der Waals surface area contributed by atoms with Gasteiger partial charge < -0.3 is 14.2 Å². The van der Waals surface area contributed by atoms with Crippen LogP contribution in [0.15, 0.2) is 83.5 Å². The van der Waals surface area contributed by atoms with E-state index in [1.54, 1.807) is 66.7 Å². The van der Waals surface area contributed by atoms with Gasteiger partial charge in [-0.3, -0.25) is 0 Å². The van der Waals surface area contributed by atoms with Crippen LogP contribution in [0.4, 0.5) is 0 Å². The van der Waals surface area contributed by atoms with Gasteiger partial charge in [0.05, 0.1) is 12.2 Å². The number of hydrogen-bond donors (Lipinski definition) is 0. The van der Waals surface area contributed by atoms with Crippen LogP contribution in [-0.4, -0.2) is 24.4 Å². The van der Waals surface area contributed by atoms with E-state index >= 15 is 0 Å². The van der Waals surface area contributed by atoms with E-state index in [0.717, 1.165) is 16.9 Å². The van der Waals surface area contributed by atoms with Crippen molar-refractivity contribution in [3.8, 4) is 11.5 Å². The van der Waals surface area contributed by atoms with Crippen LogP contribution >= 0.6 is 0 Å². The van der Waals surface area contributed by atoms with Crippen molar-refractivity contribution in [3.63, 3.8) is 0 Å². The molecule has 6 nitrogen and oxygen atoms in total. The lowest BCUT2D eigenvalue weighted by Crippen LogP contribution is -2.09. The van der Waals surface area contributed by atoms with Crippen molar-refractivity contribution in [2.24, 2.45) is 4.99 Å². The van der Waals surface area contributed by atoms with Gasteiger partial charge in [-0.2, -0.15) is 0 Å². The second-order valence-electron chi connectivity index (χ2n) is 7.07. The maximum Gasteiger partial charge on any atom is 0.363 e. The van der Waals surface area contributed by atoms with E-state index in [1.807, 2.05) is 26.0 Å². The molecule has 0 atom stereocenters. The summed E-state index contributed by atoms with van der Waals surface area (Å²) in [5.41, 5.74) is 2.97. The molecule has 0 aromatic heterocycles. The third kappa shape index (κ3) is 4.75. The number of aryl methyl sites for hydroxylation is 1. The van der Waals surface area contributed by atoms with Crippen LogP contribution in [0.3, 0.4) is 0 Å². The number of nitrogens with zero attached hydrogens (tertiary/aromatic N) is 1. The third-order valence-electron chi connectivity index (χ3n) is 4.79.